The molecular weight excluding hydrogens is 198 g/mol. The summed E-state index contributed by atoms with van der Waals surface area (Å²) in [6.07, 6.45) is 4.08. The molecule has 0 spiro atoms. The van der Waals surface area contributed by atoms with Crippen LogP contribution in [0.2, 0.25) is 0 Å². The molecule has 1 saturated carbocycles. The van der Waals surface area contributed by atoms with Crippen molar-refractivity contribution in [2.75, 3.05) is 7.11 Å². The van der Waals surface area contributed by atoms with E-state index in [1.165, 1.54) is 11.3 Å². The Morgan fingerprint density at radius 2 is 2.36 bits per heavy atom. The molecule has 1 heterocycles. The van der Waals surface area contributed by atoms with Gasteiger partial charge < -0.3 is 4.74 Å². The maximum absolute atomic E-state index is 6.28. The first-order chi connectivity index (χ1) is 6.81. The van der Waals surface area contributed by atoms with Crippen molar-refractivity contribution in [3.05, 3.63) is 23.5 Å². The molecule has 1 aromatic rings. The van der Waals surface area contributed by atoms with Gasteiger partial charge in [-0.25, -0.2) is 0 Å². The Labute approximate surface area is 88.2 Å². The van der Waals surface area contributed by atoms with Crippen LogP contribution in [0.5, 0.6) is 5.75 Å². The fourth-order valence-electron chi connectivity index (χ4n) is 2.86. The predicted octanol–water partition coefficient (Wildman–Crippen LogP) is 2.67. The van der Waals surface area contributed by atoms with Crippen molar-refractivity contribution in [3.63, 3.8) is 0 Å². The van der Waals surface area contributed by atoms with E-state index in [2.05, 4.69) is 4.98 Å². The topological polar surface area (TPSA) is 22.1 Å². The van der Waals surface area contributed by atoms with Crippen LogP contribution < -0.4 is 4.74 Å². The van der Waals surface area contributed by atoms with E-state index in [0.717, 1.165) is 18.6 Å². The second-order valence-electron chi connectivity index (χ2n) is 4.10. The number of hydrogen-bond acceptors (Lipinski definition) is 2. The zero-order valence-corrected chi connectivity index (χ0v) is 8.79. The van der Waals surface area contributed by atoms with Crippen molar-refractivity contribution >= 4 is 11.6 Å². The lowest BCUT2D eigenvalue weighted by atomic mass is 9.95. The SMILES string of the molecule is COc1ccnc2c1[C@@H]1C[C@H]2C[C@@H]1Cl. The molecule has 3 rings (SSSR count). The highest BCUT2D eigenvalue weighted by atomic mass is 35.5. The molecule has 0 radical (unpaired) electrons. The van der Waals surface area contributed by atoms with Crippen molar-refractivity contribution in [3.8, 4) is 5.75 Å². The summed E-state index contributed by atoms with van der Waals surface area (Å²) >= 11 is 6.28. The van der Waals surface area contributed by atoms with E-state index in [0.29, 0.717) is 11.8 Å². The molecule has 0 aromatic carbocycles. The first-order valence-electron chi connectivity index (χ1n) is 4.98. The second kappa shape index (κ2) is 2.86. The van der Waals surface area contributed by atoms with Gasteiger partial charge in [-0.2, -0.15) is 0 Å². The molecule has 74 valence electrons. The molecule has 1 fully saturated rings. The van der Waals surface area contributed by atoms with Crippen molar-refractivity contribution in [1.29, 1.82) is 0 Å². The van der Waals surface area contributed by atoms with Crippen molar-refractivity contribution < 1.29 is 4.74 Å². The lowest BCUT2D eigenvalue weighted by Crippen LogP contribution is -2.12. The number of ether oxygens (including phenoxy) is 1. The molecule has 14 heavy (non-hydrogen) atoms. The summed E-state index contributed by atoms with van der Waals surface area (Å²) in [5, 5.41) is 0.283. The number of methoxy groups -OCH3 is 1. The van der Waals surface area contributed by atoms with Gasteiger partial charge in [-0.1, -0.05) is 0 Å². The summed E-state index contributed by atoms with van der Waals surface area (Å²) in [6.45, 7) is 0. The normalized spacial score (nSPS) is 33.1. The van der Waals surface area contributed by atoms with Gasteiger partial charge in [0.05, 0.1) is 12.8 Å². The number of fused-ring (bicyclic) bond motifs is 5. The van der Waals surface area contributed by atoms with E-state index in [4.69, 9.17) is 16.3 Å². The number of nitrogens with zero attached hydrogens (tertiary/aromatic N) is 1. The van der Waals surface area contributed by atoms with Gasteiger partial charge in [-0.05, 0) is 18.9 Å². The van der Waals surface area contributed by atoms with Crippen LogP contribution in [0.25, 0.3) is 0 Å². The summed E-state index contributed by atoms with van der Waals surface area (Å²) in [5.74, 6) is 2.01. The van der Waals surface area contributed by atoms with E-state index < -0.39 is 0 Å². The Balaban J connectivity index is 2.17. The third-order valence-electron chi connectivity index (χ3n) is 3.44. The Morgan fingerprint density at radius 1 is 1.50 bits per heavy atom. The molecule has 0 saturated heterocycles. The van der Waals surface area contributed by atoms with E-state index in [1.54, 1.807) is 7.11 Å². The first kappa shape index (κ1) is 8.54. The van der Waals surface area contributed by atoms with Gasteiger partial charge in [0.2, 0.25) is 0 Å². The number of halogens is 1. The van der Waals surface area contributed by atoms with Gasteiger partial charge in [-0.3, -0.25) is 4.98 Å². The molecule has 2 aliphatic rings. The highest BCUT2D eigenvalue weighted by molar-refractivity contribution is 6.21. The molecular formula is C11H12ClNO. The van der Waals surface area contributed by atoms with E-state index in [-0.39, 0.29) is 5.38 Å². The number of aromatic nitrogens is 1. The Kier molecular flexibility index (Phi) is 1.75. The molecule has 3 heteroatoms. The first-order valence-corrected chi connectivity index (χ1v) is 5.41. The van der Waals surface area contributed by atoms with Crippen molar-refractivity contribution in [2.24, 2.45) is 0 Å². The van der Waals surface area contributed by atoms with Gasteiger partial charge in [0.15, 0.2) is 0 Å². The smallest absolute Gasteiger partial charge is 0.125 e. The van der Waals surface area contributed by atoms with Crippen molar-refractivity contribution in [1.82, 2.24) is 4.98 Å². The highest BCUT2D eigenvalue weighted by Gasteiger charge is 2.45. The summed E-state index contributed by atoms with van der Waals surface area (Å²) in [5.41, 5.74) is 2.50. The standard InChI is InChI=1S/C11H12ClNO/c1-14-9-2-3-13-11-6-4-7(10(9)11)8(12)5-6/h2-3,6-8H,4-5H2,1H3/t6-,7+,8-/m0/s1. The minimum atomic E-state index is 0.283. The summed E-state index contributed by atoms with van der Waals surface area (Å²) in [6, 6.07) is 1.93. The van der Waals surface area contributed by atoms with E-state index >= 15 is 0 Å². The third kappa shape index (κ3) is 0.949. The van der Waals surface area contributed by atoms with Gasteiger partial charge in [0.25, 0.3) is 0 Å². The number of rotatable bonds is 1. The van der Waals surface area contributed by atoms with Crippen LogP contribution in [0.15, 0.2) is 12.3 Å². The van der Waals surface area contributed by atoms with Gasteiger partial charge >= 0.3 is 0 Å². The predicted molar refractivity (Wildman–Crippen MR) is 55.1 cm³/mol. The van der Waals surface area contributed by atoms with Crippen LogP contribution in [0.4, 0.5) is 0 Å². The molecule has 0 amide bonds. The zero-order valence-electron chi connectivity index (χ0n) is 8.03. The van der Waals surface area contributed by atoms with Crippen LogP contribution in [0.3, 0.4) is 0 Å². The minimum Gasteiger partial charge on any atom is -0.496 e. The second-order valence-corrected chi connectivity index (χ2v) is 4.66. The van der Waals surface area contributed by atoms with Crippen molar-refractivity contribution in [2.45, 2.75) is 30.1 Å². The lowest BCUT2D eigenvalue weighted by Gasteiger charge is -2.20. The largest absolute Gasteiger partial charge is 0.496 e. The van der Waals surface area contributed by atoms with Gasteiger partial charge in [0, 0.05) is 29.0 Å². The molecule has 2 bridgehead atoms. The molecule has 2 aliphatic carbocycles. The highest BCUT2D eigenvalue weighted by Crippen LogP contribution is 2.56. The molecule has 2 nitrogen and oxygen atoms in total. The van der Waals surface area contributed by atoms with Crippen LogP contribution >= 0.6 is 11.6 Å². The number of hydrogen-bond donors (Lipinski definition) is 0. The molecule has 0 unspecified atom stereocenters. The zero-order chi connectivity index (χ0) is 9.71. The Bertz CT molecular complexity index is 380. The monoisotopic (exact) mass is 209 g/mol. The summed E-state index contributed by atoms with van der Waals surface area (Å²) in [4.78, 5) is 4.45. The number of alkyl halides is 1. The molecule has 0 N–H and O–H groups in total. The van der Waals surface area contributed by atoms with Gasteiger partial charge in [-0.15, -0.1) is 11.6 Å². The fourth-order valence-corrected chi connectivity index (χ4v) is 3.30. The van der Waals surface area contributed by atoms with Crippen LogP contribution in [0, 0.1) is 0 Å². The fraction of sp³-hybridized carbons (Fsp3) is 0.545. The number of pyridine rings is 1. The maximum Gasteiger partial charge on any atom is 0.125 e. The summed E-state index contributed by atoms with van der Waals surface area (Å²) < 4.78 is 5.36. The lowest BCUT2D eigenvalue weighted by molar-refractivity contribution is 0.405. The molecule has 3 atom stereocenters. The van der Waals surface area contributed by atoms with E-state index in [1.807, 2.05) is 12.3 Å². The maximum atomic E-state index is 6.28. The Morgan fingerprint density at radius 3 is 3.14 bits per heavy atom. The average Bonchev–Trinajstić information content (AvgIpc) is 2.74. The molecule has 1 aromatic heterocycles. The van der Waals surface area contributed by atoms with Crippen LogP contribution in [-0.4, -0.2) is 17.5 Å². The third-order valence-corrected chi connectivity index (χ3v) is 3.93. The van der Waals surface area contributed by atoms with E-state index in [9.17, 15) is 0 Å². The van der Waals surface area contributed by atoms with Gasteiger partial charge in [0.1, 0.15) is 5.75 Å². The Hall–Kier alpha value is -0.760. The molecule has 0 aliphatic heterocycles. The van der Waals surface area contributed by atoms with Crippen LogP contribution in [-0.2, 0) is 0 Å². The average molecular weight is 210 g/mol. The quantitative estimate of drug-likeness (QED) is 0.664. The van der Waals surface area contributed by atoms with Crippen LogP contribution in [0.1, 0.15) is 35.9 Å². The minimum absolute atomic E-state index is 0.283. The summed E-state index contributed by atoms with van der Waals surface area (Å²) in [7, 11) is 1.71.